The Kier molecular flexibility index (Phi) is 3.62. The summed E-state index contributed by atoms with van der Waals surface area (Å²) in [6.07, 6.45) is 0. The van der Waals surface area contributed by atoms with E-state index in [4.69, 9.17) is 9.94 Å². The lowest BCUT2D eigenvalue weighted by atomic mass is 10.1. The van der Waals surface area contributed by atoms with Crippen LogP contribution in [0.25, 0.3) is 0 Å². The first-order chi connectivity index (χ1) is 7.31. The molecular formula is C11H17NO4. The minimum atomic E-state index is -0.518. The van der Waals surface area contributed by atoms with Gasteiger partial charge in [0, 0.05) is 12.1 Å². The fourth-order valence-electron chi connectivity index (χ4n) is 1.08. The molecule has 90 valence electrons. The molecule has 5 heteroatoms. The molecule has 4 N–H and O–H groups in total. The van der Waals surface area contributed by atoms with E-state index >= 15 is 0 Å². The highest BCUT2D eigenvalue weighted by molar-refractivity contribution is 5.52. The predicted molar refractivity (Wildman–Crippen MR) is 59.1 cm³/mol. The Bertz CT molecular complexity index is 371. The van der Waals surface area contributed by atoms with Crippen molar-refractivity contribution in [2.45, 2.75) is 32.9 Å². The molecule has 0 spiro atoms. The number of hydrogen-bond acceptors (Lipinski definition) is 5. The lowest BCUT2D eigenvalue weighted by Gasteiger charge is -2.19. The van der Waals surface area contributed by atoms with Crippen LogP contribution >= 0.6 is 0 Å². The molecular weight excluding hydrogens is 210 g/mol. The number of aromatic hydroxyl groups is 3. The molecule has 0 saturated carbocycles. The third-order valence-electron chi connectivity index (χ3n) is 1.85. The predicted octanol–water partition coefficient (Wildman–Crippen LogP) is 1.62. The molecule has 0 heterocycles. The highest BCUT2D eigenvalue weighted by Crippen LogP contribution is 2.36. The molecule has 1 aromatic rings. The zero-order valence-electron chi connectivity index (χ0n) is 9.61. The molecule has 0 atom stereocenters. The van der Waals surface area contributed by atoms with Crippen LogP contribution in [0.2, 0.25) is 0 Å². The zero-order valence-corrected chi connectivity index (χ0v) is 9.61. The van der Waals surface area contributed by atoms with Gasteiger partial charge in [0.1, 0.15) is 0 Å². The van der Waals surface area contributed by atoms with E-state index in [2.05, 4.69) is 5.48 Å². The zero-order chi connectivity index (χ0) is 12.3. The van der Waals surface area contributed by atoms with Crippen molar-refractivity contribution in [3.63, 3.8) is 0 Å². The van der Waals surface area contributed by atoms with Gasteiger partial charge >= 0.3 is 0 Å². The fraction of sp³-hybridized carbons (Fsp3) is 0.455. The van der Waals surface area contributed by atoms with E-state index in [1.54, 1.807) is 0 Å². The summed E-state index contributed by atoms with van der Waals surface area (Å²) in [5, 5.41) is 27.9. The number of phenols is 3. The average Bonchev–Trinajstić information content (AvgIpc) is 2.16. The number of hydrogen-bond donors (Lipinski definition) is 4. The molecule has 0 amide bonds. The van der Waals surface area contributed by atoms with Crippen molar-refractivity contribution in [3.8, 4) is 17.2 Å². The second kappa shape index (κ2) is 4.59. The molecule has 1 rings (SSSR count). The average molecular weight is 227 g/mol. The second-order valence-electron chi connectivity index (χ2n) is 4.48. The van der Waals surface area contributed by atoms with Gasteiger partial charge in [0.25, 0.3) is 0 Å². The largest absolute Gasteiger partial charge is 0.504 e. The fourth-order valence-corrected chi connectivity index (χ4v) is 1.08. The molecule has 0 aliphatic carbocycles. The van der Waals surface area contributed by atoms with Crippen LogP contribution in [0.15, 0.2) is 12.1 Å². The highest BCUT2D eigenvalue weighted by atomic mass is 16.7. The summed E-state index contributed by atoms with van der Waals surface area (Å²) in [7, 11) is 0. The van der Waals surface area contributed by atoms with E-state index in [9.17, 15) is 10.2 Å². The molecule has 0 radical (unpaired) electrons. The van der Waals surface area contributed by atoms with Crippen LogP contribution in [0, 0.1) is 0 Å². The monoisotopic (exact) mass is 227 g/mol. The molecule has 16 heavy (non-hydrogen) atoms. The first-order valence-electron chi connectivity index (χ1n) is 4.95. The first-order valence-corrected chi connectivity index (χ1v) is 4.95. The van der Waals surface area contributed by atoms with E-state index in [-0.39, 0.29) is 23.6 Å². The summed E-state index contributed by atoms with van der Waals surface area (Å²) in [5.74, 6) is -1.21. The summed E-state index contributed by atoms with van der Waals surface area (Å²) in [6.45, 7) is 5.88. The molecule has 0 aliphatic rings. The Hall–Kier alpha value is -1.46. The van der Waals surface area contributed by atoms with Gasteiger partial charge in [0.2, 0.25) is 5.75 Å². The van der Waals surface area contributed by atoms with Gasteiger partial charge in [-0.15, -0.1) is 0 Å². The molecule has 0 saturated heterocycles. The first kappa shape index (κ1) is 12.6. The smallest absolute Gasteiger partial charge is 0.200 e. The van der Waals surface area contributed by atoms with E-state index in [1.807, 2.05) is 20.8 Å². The number of phenolic OH excluding ortho intramolecular Hbond substituents is 3. The Balaban J connectivity index is 2.65. The molecule has 0 aromatic heterocycles. The summed E-state index contributed by atoms with van der Waals surface area (Å²) in [4.78, 5) is 5.25. The third-order valence-corrected chi connectivity index (χ3v) is 1.85. The van der Waals surface area contributed by atoms with Gasteiger partial charge in [-0.1, -0.05) is 0 Å². The molecule has 0 fully saturated rings. The SMILES string of the molecule is CC(C)(C)ONCc1ccc(O)c(O)c1O. The standard InChI is InChI=1S/C11H17NO4/c1-11(2,3)16-12-6-7-4-5-8(13)10(15)9(7)14/h4-5,12-15H,6H2,1-3H3. The van der Waals surface area contributed by atoms with Crippen molar-refractivity contribution in [3.05, 3.63) is 17.7 Å². The van der Waals surface area contributed by atoms with E-state index in [0.29, 0.717) is 5.56 Å². The van der Waals surface area contributed by atoms with Crippen LogP contribution in [-0.4, -0.2) is 20.9 Å². The van der Waals surface area contributed by atoms with Crippen LogP contribution in [0.4, 0.5) is 0 Å². The van der Waals surface area contributed by atoms with Gasteiger partial charge in [-0.3, -0.25) is 4.84 Å². The summed E-state index contributed by atoms with van der Waals surface area (Å²) in [5.41, 5.74) is 2.78. The number of rotatable bonds is 3. The Morgan fingerprint density at radius 3 is 2.31 bits per heavy atom. The number of nitrogens with one attached hydrogen (secondary N) is 1. The van der Waals surface area contributed by atoms with Gasteiger partial charge in [-0.25, -0.2) is 0 Å². The Morgan fingerprint density at radius 1 is 1.12 bits per heavy atom. The molecule has 0 bridgehead atoms. The van der Waals surface area contributed by atoms with E-state index < -0.39 is 5.75 Å². The number of benzene rings is 1. The molecule has 5 nitrogen and oxygen atoms in total. The normalized spacial score (nSPS) is 11.7. The van der Waals surface area contributed by atoms with Crippen LogP contribution in [0.5, 0.6) is 17.2 Å². The minimum Gasteiger partial charge on any atom is -0.504 e. The topological polar surface area (TPSA) is 82.0 Å². The van der Waals surface area contributed by atoms with Gasteiger partial charge in [0.15, 0.2) is 11.5 Å². The van der Waals surface area contributed by atoms with Crippen molar-refractivity contribution in [2.75, 3.05) is 0 Å². The highest BCUT2D eigenvalue weighted by Gasteiger charge is 2.13. The maximum atomic E-state index is 9.50. The van der Waals surface area contributed by atoms with Crippen molar-refractivity contribution >= 4 is 0 Å². The van der Waals surface area contributed by atoms with Gasteiger partial charge < -0.3 is 15.3 Å². The molecule has 0 aliphatic heterocycles. The van der Waals surface area contributed by atoms with Gasteiger partial charge in [0.05, 0.1) is 5.60 Å². The van der Waals surface area contributed by atoms with Crippen LogP contribution in [0.3, 0.4) is 0 Å². The maximum Gasteiger partial charge on any atom is 0.200 e. The van der Waals surface area contributed by atoms with E-state index in [1.165, 1.54) is 12.1 Å². The Labute approximate surface area is 94.3 Å². The molecule has 1 aromatic carbocycles. The quantitative estimate of drug-likeness (QED) is 0.466. The van der Waals surface area contributed by atoms with Gasteiger partial charge in [-0.05, 0) is 32.9 Å². The van der Waals surface area contributed by atoms with Crippen molar-refractivity contribution in [2.24, 2.45) is 0 Å². The van der Waals surface area contributed by atoms with E-state index in [0.717, 1.165) is 0 Å². The lowest BCUT2D eigenvalue weighted by molar-refractivity contribution is -0.0759. The summed E-state index contributed by atoms with van der Waals surface area (Å²) < 4.78 is 0. The van der Waals surface area contributed by atoms with Crippen LogP contribution in [-0.2, 0) is 11.4 Å². The number of hydroxylamine groups is 1. The Morgan fingerprint density at radius 2 is 1.75 bits per heavy atom. The summed E-state index contributed by atoms with van der Waals surface area (Å²) in [6, 6.07) is 2.81. The second-order valence-corrected chi connectivity index (χ2v) is 4.48. The lowest BCUT2D eigenvalue weighted by Crippen LogP contribution is -2.28. The van der Waals surface area contributed by atoms with Crippen LogP contribution in [0.1, 0.15) is 26.3 Å². The summed E-state index contributed by atoms with van der Waals surface area (Å²) >= 11 is 0. The van der Waals surface area contributed by atoms with Crippen molar-refractivity contribution < 1.29 is 20.2 Å². The van der Waals surface area contributed by atoms with Gasteiger partial charge in [-0.2, -0.15) is 5.48 Å². The van der Waals surface area contributed by atoms with Crippen LogP contribution < -0.4 is 5.48 Å². The third kappa shape index (κ3) is 3.29. The van der Waals surface area contributed by atoms with Crippen molar-refractivity contribution in [1.29, 1.82) is 0 Å². The minimum absolute atomic E-state index is 0.233. The molecule has 0 unspecified atom stereocenters. The van der Waals surface area contributed by atoms with Crippen molar-refractivity contribution in [1.82, 2.24) is 5.48 Å². The maximum absolute atomic E-state index is 9.50.